The van der Waals surface area contributed by atoms with Gasteiger partial charge in [-0.05, 0) is 49.1 Å². The average Bonchev–Trinajstić information content (AvgIpc) is 3.29. The highest BCUT2D eigenvalue weighted by Crippen LogP contribution is 2.24. The van der Waals surface area contributed by atoms with Crippen molar-refractivity contribution >= 4 is 11.6 Å². The van der Waals surface area contributed by atoms with Crippen LogP contribution in [0.5, 0.6) is 0 Å². The van der Waals surface area contributed by atoms with Gasteiger partial charge in [0.05, 0.1) is 6.10 Å². The van der Waals surface area contributed by atoms with Crippen molar-refractivity contribution in [1.82, 2.24) is 14.9 Å². The minimum absolute atomic E-state index is 0.0156. The van der Waals surface area contributed by atoms with Crippen molar-refractivity contribution in [2.45, 2.75) is 50.8 Å². The smallest absolute Gasteiger partial charge is 0.254 e. The molecule has 0 saturated heterocycles. The molecule has 3 atom stereocenters. The number of hydrogen-bond donors (Lipinski definition) is 3. The maximum Gasteiger partial charge on any atom is 0.254 e. The highest BCUT2D eigenvalue weighted by atomic mass is 16.3. The van der Waals surface area contributed by atoms with E-state index in [1.807, 2.05) is 54.6 Å². The zero-order valence-corrected chi connectivity index (χ0v) is 18.8. The van der Waals surface area contributed by atoms with Crippen LogP contribution in [0.4, 0.5) is 5.69 Å². The summed E-state index contributed by atoms with van der Waals surface area (Å²) >= 11 is 0. The first kappa shape index (κ1) is 22.9. The van der Waals surface area contributed by atoms with E-state index in [9.17, 15) is 14.7 Å². The van der Waals surface area contributed by atoms with Crippen LogP contribution in [0.3, 0.4) is 0 Å². The molecule has 1 aliphatic heterocycles. The molecule has 0 saturated carbocycles. The Balaban J connectivity index is 1.29. The average molecular weight is 447 g/mol. The molecule has 7 nitrogen and oxygen atoms in total. The molecule has 0 unspecified atom stereocenters. The van der Waals surface area contributed by atoms with Gasteiger partial charge in [0.25, 0.3) is 5.56 Å². The summed E-state index contributed by atoms with van der Waals surface area (Å²) in [5.41, 5.74) is 2.56. The van der Waals surface area contributed by atoms with Crippen molar-refractivity contribution in [1.29, 1.82) is 0 Å². The minimum atomic E-state index is -0.544. The zero-order chi connectivity index (χ0) is 23.2. The Kier molecular flexibility index (Phi) is 7.32. The highest BCUT2D eigenvalue weighted by molar-refractivity contribution is 5.94. The first-order valence-electron chi connectivity index (χ1n) is 11.5. The predicted octanol–water partition coefficient (Wildman–Crippen LogP) is 3.01. The molecule has 0 spiro atoms. The molecule has 0 fully saturated rings. The van der Waals surface area contributed by atoms with Gasteiger partial charge in [-0.25, -0.2) is 4.98 Å². The van der Waals surface area contributed by atoms with E-state index in [4.69, 9.17) is 0 Å². The lowest BCUT2D eigenvalue weighted by atomic mass is 10.00. The Hall–Kier alpha value is -3.29. The molecule has 172 valence electrons. The number of hydrogen-bond acceptors (Lipinski definition) is 5. The predicted molar refractivity (Wildman–Crippen MR) is 128 cm³/mol. The third-order valence-electron chi connectivity index (χ3n) is 6.22. The van der Waals surface area contributed by atoms with Gasteiger partial charge in [0, 0.05) is 30.4 Å². The van der Waals surface area contributed by atoms with Gasteiger partial charge < -0.3 is 15.7 Å². The first-order chi connectivity index (χ1) is 16.1. The third kappa shape index (κ3) is 5.38. The van der Waals surface area contributed by atoms with Gasteiger partial charge >= 0.3 is 0 Å². The summed E-state index contributed by atoms with van der Waals surface area (Å²) in [5.74, 6) is 0.465. The van der Waals surface area contributed by atoms with E-state index in [0.717, 1.165) is 30.5 Å². The van der Waals surface area contributed by atoms with Crippen LogP contribution in [0, 0.1) is 0 Å². The van der Waals surface area contributed by atoms with Crippen molar-refractivity contribution in [3.05, 3.63) is 94.2 Å². The van der Waals surface area contributed by atoms with E-state index in [1.165, 1.54) is 16.8 Å². The summed E-state index contributed by atoms with van der Waals surface area (Å²) in [6, 6.07) is 18.3. The Labute approximate surface area is 193 Å². The van der Waals surface area contributed by atoms with Crippen LogP contribution in [0.15, 0.2) is 71.7 Å². The van der Waals surface area contributed by atoms with Crippen molar-refractivity contribution in [2.24, 2.45) is 0 Å². The summed E-state index contributed by atoms with van der Waals surface area (Å²) in [6.45, 7) is 2.80. The number of nitrogens with one attached hydrogen (secondary N) is 2. The molecule has 1 aromatic heterocycles. The Morgan fingerprint density at radius 2 is 1.91 bits per heavy atom. The molecule has 0 aliphatic carbocycles. The topological polar surface area (TPSA) is 96.3 Å². The number of carbonyl (C=O) groups excluding carboxylic acids is 1. The third-order valence-corrected chi connectivity index (χ3v) is 6.22. The number of nitrogens with zero attached hydrogens (tertiary/aromatic N) is 2. The summed E-state index contributed by atoms with van der Waals surface area (Å²) < 4.78 is 1.49. The Morgan fingerprint density at radius 1 is 1.15 bits per heavy atom. The van der Waals surface area contributed by atoms with Crippen LogP contribution in [0.1, 0.15) is 48.9 Å². The molecule has 0 radical (unpaired) electrons. The molecule has 0 bridgehead atoms. The summed E-state index contributed by atoms with van der Waals surface area (Å²) in [7, 11) is 0. The molecule has 4 rings (SSSR count). The Bertz CT molecular complexity index is 1130. The van der Waals surface area contributed by atoms with Crippen LogP contribution < -0.4 is 16.2 Å². The summed E-state index contributed by atoms with van der Waals surface area (Å²) in [5, 5.41) is 17.0. The molecule has 7 heteroatoms. The molecule has 2 aromatic carbocycles. The largest absolute Gasteiger partial charge is 0.387 e. The highest BCUT2D eigenvalue weighted by Gasteiger charge is 2.29. The number of aromatic nitrogens is 2. The number of aryl methyl sites for hydroxylation is 1. The van der Waals surface area contributed by atoms with Crippen molar-refractivity contribution in [2.75, 3.05) is 11.9 Å². The van der Waals surface area contributed by atoms with E-state index in [-0.39, 0.29) is 17.5 Å². The molecule has 2 heterocycles. The van der Waals surface area contributed by atoms with E-state index in [1.54, 1.807) is 0 Å². The summed E-state index contributed by atoms with van der Waals surface area (Å²) in [6.07, 6.45) is 3.78. The fourth-order valence-electron chi connectivity index (χ4n) is 4.36. The quantitative estimate of drug-likeness (QED) is 0.470. The number of fused-ring (bicyclic) bond motifs is 1. The molecular formula is C26H30N4O3. The minimum Gasteiger partial charge on any atom is -0.387 e. The second-order valence-electron chi connectivity index (χ2n) is 8.38. The lowest BCUT2D eigenvalue weighted by Crippen LogP contribution is -2.35. The second kappa shape index (κ2) is 10.6. The standard InChI is InChI=1S/C26H30N4O3/c1-2-21(25(32)19-6-4-3-5-7-19)27-16-14-18-8-10-20(11-9-18)29-26(33)22-12-13-23-28-17-15-24(31)30(22)23/h3-11,15,17,21-22,25,27,32H,2,12-14,16H2,1H3,(H,29,33)/t21-,22+,25-/m1/s1. The van der Waals surface area contributed by atoms with Gasteiger partial charge in [-0.1, -0.05) is 49.4 Å². The van der Waals surface area contributed by atoms with E-state index in [2.05, 4.69) is 22.5 Å². The van der Waals surface area contributed by atoms with Crippen LogP contribution in [-0.2, 0) is 17.6 Å². The number of amides is 1. The molecular weight excluding hydrogens is 416 g/mol. The zero-order valence-electron chi connectivity index (χ0n) is 18.8. The molecule has 33 heavy (non-hydrogen) atoms. The maximum absolute atomic E-state index is 12.7. The van der Waals surface area contributed by atoms with Gasteiger partial charge in [-0.3, -0.25) is 14.2 Å². The van der Waals surface area contributed by atoms with E-state index in [0.29, 0.717) is 24.4 Å². The van der Waals surface area contributed by atoms with E-state index < -0.39 is 12.1 Å². The summed E-state index contributed by atoms with van der Waals surface area (Å²) in [4.78, 5) is 29.1. The lowest BCUT2D eigenvalue weighted by molar-refractivity contribution is -0.119. The Morgan fingerprint density at radius 3 is 2.64 bits per heavy atom. The number of rotatable bonds is 9. The SMILES string of the molecule is CC[C@@H](NCCc1ccc(NC(=O)[C@@H]2CCc3nccc(=O)n32)cc1)[C@H](O)c1ccccc1. The number of carbonyl (C=O) groups is 1. The first-order valence-corrected chi connectivity index (χ1v) is 11.5. The second-order valence-corrected chi connectivity index (χ2v) is 8.38. The molecule has 3 aromatic rings. The monoisotopic (exact) mass is 446 g/mol. The van der Waals surface area contributed by atoms with Crippen LogP contribution in [0.25, 0.3) is 0 Å². The lowest BCUT2D eigenvalue weighted by Gasteiger charge is -2.23. The molecule has 1 amide bonds. The number of anilines is 1. The number of benzene rings is 2. The number of aliphatic hydroxyl groups excluding tert-OH is 1. The van der Waals surface area contributed by atoms with Crippen molar-refractivity contribution in [3.8, 4) is 0 Å². The van der Waals surface area contributed by atoms with Crippen molar-refractivity contribution in [3.63, 3.8) is 0 Å². The number of aliphatic hydroxyl groups is 1. The fraction of sp³-hybridized carbons (Fsp3) is 0.346. The van der Waals surface area contributed by atoms with E-state index >= 15 is 0 Å². The van der Waals surface area contributed by atoms with Gasteiger partial charge in [-0.2, -0.15) is 0 Å². The molecule has 3 N–H and O–H groups in total. The maximum atomic E-state index is 12.7. The molecule has 1 aliphatic rings. The van der Waals surface area contributed by atoms with Crippen LogP contribution in [-0.4, -0.2) is 33.2 Å². The van der Waals surface area contributed by atoms with Crippen molar-refractivity contribution < 1.29 is 9.90 Å². The van der Waals surface area contributed by atoms with Gasteiger partial charge in [-0.15, -0.1) is 0 Å². The van der Waals surface area contributed by atoms with Gasteiger partial charge in [0.15, 0.2) is 0 Å². The fourth-order valence-corrected chi connectivity index (χ4v) is 4.36. The van der Waals surface area contributed by atoms with Gasteiger partial charge in [0.2, 0.25) is 5.91 Å². The normalized spacial score (nSPS) is 16.7. The van der Waals surface area contributed by atoms with Gasteiger partial charge in [0.1, 0.15) is 11.9 Å². The van der Waals surface area contributed by atoms with Crippen LogP contribution >= 0.6 is 0 Å². The van der Waals surface area contributed by atoms with Crippen LogP contribution in [0.2, 0.25) is 0 Å².